The van der Waals surface area contributed by atoms with Crippen LogP contribution in [-0.2, 0) is 11.3 Å². The predicted molar refractivity (Wildman–Crippen MR) is 84.5 cm³/mol. The van der Waals surface area contributed by atoms with Gasteiger partial charge in [0, 0.05) is 16.6 Å². The van der Waals surface area contributed by atoms with Crippen LogP contribution >= 0.6 is 15.9 Å². The van der Waals surface area contributed by atoms with Gasteiger partial charge in [-0.2, -0.15) is 0 Å². The predicted octanol–water partition coefficient (Wildman–Crippen LogP) is 2.52. The van der Waals surface area contributed by atoms with Crippen molar-refractivity contribution >= 4 is 21.8 Å². The summed E-state index contributed by atoms with van der Waals surface area (Å²) in [5.41, 5.74) is 0.849. The Hall–Kier alpha value is -1.27. The maximum atomic E-state index is 11.9. The lowest BCUT2D eigenvalue weighted by molar-refractivity contribution is -0.123. The molecule has 6 heteroatoms. The highest BCUT2D eigenvalue weighted by molar-refractivity contribution is 9.10. The molecule has 0 unspecified atom stereocenters. The first-order valence-electron chi connectivity index (χ1n) is 6.82. The van der Waals surface area contributed by atoms with E-state index >= 15 is 0 Å². The second-order valence-corrected chi connectivity index (χ2v) is 7.12. The van der Waals surface area contributed by atoms with Crippen molar-refractivity contribution in [3.8, 4) is 11.5 Å². The van der Waals surface area contributed by atoms with Gasteiger partial charge in [-0.25, -0.2) is 0 Å². The lowest BCUT2D eigenvalue weighted by Gasteiger charge is -2.23. The minimum atomic E-state index is -0.211. The average Bonchev–Trinajstić information content (AvgIpc) is 2.73. The van der Waals surface area contributed by atoms with Crippen LogP contribution in [0.5, 0.6) is 11.5 Å². The molecule has 0 radical (unpaired) electrons. The maximum Gasteiger partial charge on any atom is 0.234 e. The second-order valence-electron chi connectivity index (χ2n) is 6.27. The van der Waals surface area contributed by atoms with Crippen LogP contribution in [0.4, 0.5) is 0 Å². The van der Waals surface area contributed by atoms with E-state index < -0.39 is 0 Å². The van der Waals surface area contributed by atoms with Crippen LogP contribution in [0.1, 0.15) is 26.3 Å². The van der Waals surface area contributed by atoms with Crippen LogP contribution in [0.15, 0.2) is 16.6 Å². The maximum absolute atomic E-state index is 11.9. The fourth-order valence-corrected chi connectivity index (χ4v) is 2.58. The summed E-state index contributed by atoms with van der Waals surface area (Å²) in [4.78, 5) is 13.9. The molecule has 0 fully saturated rings. The van der Waals surface area contributed by atoms with Crippen molar-refractivity contribution < 1.29 is 14.3 Å². The Morgan fingerprint density at radius 1 is 1.33 bits per heavy atom. The van der Waals surface area contributed by atoms with Crippen LogP contribution in [0.25, 0.3) is 0 Å². The fraction of sp³-hybridized carbons (Fsp3) is 0.533. The van der Waals surface area contributed by atoms with Crippen molar-refractivity contribution in [2.24, 2.45) is 0 Å². The lowest BCUT2D eigenvalue weighted by Crippen LogP contribution is -2.45. The van der Waals surface area contributed by atoms with E-state index in [1.807, 2.05) is 44.9 Å². The van der Waals surface area contributed by atoms with E-state index in [9.17, 15) is 4.79 Å². The van der Waals surface area contributed by atoms with Crippen LogP contribution in [0.3, 0.4) is 0 Å². The largest absolute Gasteiger partial charge is 0.454 e. The smallest absolute Gasteiger partial charge is 0.234 e. The van der Waals surface area contributed by atoms with Gasteiger partial charge < -0.3 is 14.8 Å². The minimum Gasteiger partial charge on any atom is -0.454 e. The molecule has 1 aliphatic heterocycles. The van der Waals surface area contributed by atoms with Crippen LogP contribution in [0.2, 0.25) is 0 Å². The van der Waals surface area contributed by atoms with Crippen LogP contribution in [0, 0.1) is 0 Å². The first kappa shape index (κ1) is 16.1. The van der Waals surface area contributed by atoms with Crippen molar-refractivity contribution in [1.82, 2.24) is 10.2 Å². The van der Waals surface area contributed by atoms with E-state index in [0.717, 1.165) is 21.5 Å². The third-order valence-corrected chi connectivity index (χ3v) is 3.65. The zero-order chi connectivity index (χ0) is 15.6. The molecule has 1 aromatic rings. The number of likely N-dealkylation sites (N-methyl/N-ethyl adjacent to an activating group) is 1. The van der Waals surface area contributed by atoms with Crippen LogP contribution in [-0.4, -0.2) is 36.7 Å². The van der Waals surface area contributed by atoms with Gasteiger partial charge in [0.05, 0.1) is 6.54 Å². The Morgan fingerprint density at radius 2 is 1.95 bits per heavy atom. The number of amides is 1. The molecule has 0 aliphatic carbocycles. The molecule has 1 N–H and O–H groups in total. The Morgan fingerprint density at radius 3 is 2.57 bits per heavy atom. The summed E-state index contributed by atoms with van der Waals surface area (Å²) < 4.78 is 11.7. The number of nitrogens with zero attached hydrogens (tertiary/aromatic N) is 1. The number of halogens is 1. The molecule has 1 amide bonds. The van der Waals surface area contributed by atoms with Gasteiger partial charge in [0.25, 0.3) is 0 Å². The Balaban J connectivity index is 1.97. The van der Waals surface area contributed by atoms with E-state index in [-0.39, 0.29) is 18.2 Å². The van der Waals surface area contributed by atoms with Crippen molar-refractivity contribution in [1.29, 1.82) is 0 Å². The van der Waals surface area contributed by atoms with Gasteiger partial charge in [-0.1, -0.05) is 15.9 Å². The zero-order valence-corrected chi connectivity index (χ0v) is 14.4. The fourth-order valence-electron chi connectivity index (χ4n) is 2.13. The van der Waals surface area contributed by atoms with E-state index in [4.69, 9.17) is 9.47 Å². The highest BCUT2D eigenvalue weighted by atomic mass is 79.9. The summed E-state index contributed by atoms with van der Waals surface area (Å²) in [6.45, 7) is 7.17. The standard InChI is InChI=1S/C15H21BrN2O3/c1-15(2,3)17-14(19)8-18(4)7-10-5-12-13(6-11(10)16)21-9-20-12/h5-6H,7-9H2,1-4H3,(H,17,19). The number of fused-ring (bicyclic) bond motifs is 1. The summed E-state index contributed by atoms with van der Waals surface area (Å²) in [5.74, 6) is 1.52. The number of ether oxygens (including phenoxy) is 2. The first-order chi connectivity index (χ1) is 9.74. The third kappa shape index (κ3) is 4.61. The van der Waals surface area contributed by atoms with E-state index in [0.29, 0.717) is 13.1 Å². The first-order valence-corrected chi connectivity index (χ1v) is 7.61. The topological polar surface area (TPSA) is 50.8 Å². The van der Waals surface area contributed by atoms with Crippen molar-refractivity contribution in [3.05, 3.63) is 22.2 Å². The summed E-state index contributed by atoms with van der Waals surface area (Å²) in [7, 11) is 1.92. The van der Waals surface area contributed by atoms with Gasteiger partial charge in [-0.05, 0) is 45.5 Å². The molecule has 0 aromatic heterocycles. The molecule has 0 bridgehead atoms. The van der Waals surface area contributed by atoms with Crippen LogP contribution < -0.4 is 14.8 Å². The summed E-state index contributed by atoms with van der Waals surface area (Å²) >= 11 is 3.53. The summed E-state index contributed by atoms with van der Waals surface area (Å²) in [6, 6.07) is 3.85. The zero-order valence-electron chi connectivity index (χ0n) is 12.8. The monoisotopic (exact) mass is 356 g/mol. The number of nitrogens with one attached hydrogen (secondary N) is 1. The van der Waals surface area contributed by atoms with E-state index in [2.05, 4.69) is 21.2 Å². The van der Waals surface area contributed by atoms with Crippen molar-refractivity contribution in [2.45, 2.75) is 32.9 Å². The molecule has 0 saturated heterocycles. The van der Waals surface area contributed by atoms with E-state index in [1.54, 1.807) is 0 Å². The molecule has 0 atom stereocenters. The molecule has 116 valence electrons. The molecule has 21 heavy (non-hydrogen) atoms. The molecule has 1 heterocycles. The van der Waals surface area contributed by atoms with Crippen molar-refractivity contribution in [3.63, 3.8) is 0 Å². The van der Waals surface area contributed by atoms with Gasteiger partial charge in [0.15, 0.2) is 11.5 Å². The molecule has 5 nitrogen and oxygen atoms in total. The molecular weight excluding hydrogens is 336 g/mol. The lowest BCUT2D eigenvalue weighted by atomic mass is 10.1. The normalized spacial score (nSPS) is 13.6. The number of benzene rings is 1. The van der Waals surface area contributed by atoms with E-state index in [1.165, 1.54) is 0 Å². The highest BCUT2D eigenvalue weighted by Crippen LogP contribution is 2.37. The Labute approximate surface area is 133 Å². The summed E-state index contributed by atoms with van der Waals surface area (Å²) in [6.07, 6.45) is 0. The summed E-state index contributed by atoms with van der Waals surface area (Å²) in [5, 5.41) is 2.96. The van der Waals surface area contributed by atoms with Gasteiger partial charge in [0.1, 0.15) is 0 Å². The Bertz CT molecular complexity index is 540. The quantitative estimate of drug-likeness (QED) is 0.900. The number of hydrogen-bond donors (Lipinski definition) is 1. The van der Waals surface area contributed by atoms with Gasteiger partial charge >= 0.3 is 0 Å². The number of carbonyl (C=O) groups excluding carboxylic acids is 1. The second kappa shape index (κ2) is 6.23. The molecular formula is C15H21BrN2O3. The minimum absolute atomic E-state index is 0.0156. The average molecular weight is 357 g/mol. The molecule has 1 aromatic carbocycles. The van der Waals surface area contributed by atoms with Gasteiger partial charge in [-0.15, -0.1) is 0 Å². The van der Waals surface area contributed by atoms with Gasteiger partial charge in [0.2, 0.25) is 12.7 Å². The third-order valence-electron chi connectivity index (χ3n) is 2.91. The van der Waals surface area contributed by atoms with Gasteiger partial charge in [-0.3, -0.25) is 9.69 Å². The molecule has 0 saturated carbocycles. The van der Waals surface area contributed by atoms with Crippen molar-refractivity contribution in [2.75, 3.05) is 20.4 Å². The molecule has 2 rings (SSSR count). The number of rotatable bonds is 4. The SMILES string of the molecule is CN(CC(=O)NC(C)(C)C)Cc1cc2c(cc1Br)OCO2. The number of hydrogen-bond acceptors (Lipinski definition) is 4. The Kier molecular flexibility index (Phi) is 4.78. The molecule has 0 spiro atoms. The number of carbonyl (C=O) groups is 1. The highest BCUT2D eigenvalue weighted by Gasteiger charge is 2.19. The molecule has 1 aliphatic rings.